The van der Waals surface area contributed by atoms with Crippen molar-refractivity contribution in [2.45, 2.75) is 13.5 Å². The lowest BCUT2D eigenvalue weighted by Gasteiger charge is -2.06. The van der Waals surface area contributed by atoms with Gasteiger partial charge in [0.1, 0.15) is 0 Å². The first-order valence-electron chi connectivity index (χ1n) is 5.05. The zero-order chi connectivity index (χ0) is 12.3. The van der Waals surface area contributed by atoms with Crippen LogP contribution in [0, 0.1) is 6.92 Å². The average molecular weight is 248 g/mol. The molecule has 3 N–H and O–H groups in total. The summed E-state index contributed by atoms with van der Waals surface area (Å²) in [5.41, 5.74) is 7.54. The van der Waals surface area contributed by atoms with E-state index in [9.17, 15) is 4.79 Å². The lowest BCUT2D eigenvalue weighted by Crippen LogP contribution is -2.24. The zero-order valence-corrected chi connectivity index (χ0v) is 10.1. The van der Waals surface area contributed by atoms with Crippen molar-refractivity contribution in [1.82, 2.24) is 15.3 Å². The van der Waals surface area contributed by atoms with E-state index in [1.807, 2.05) is 16.8 Å². The molecule has 0 bridgehead atoms. The minimum absolute atomic E-state index is 0.178. The Hall–Kier alpha value is -1.95. The summed E-state index contributed by atoms with van der Waals surface area (Å²) in [7, 11) is 0. The second kappa shape index (κ2) is 4.92. The number of nitrogen functional groups attached to an aromatic ring is 1. The number of nitrogens with two attached hydrogens (primary N) is 1. The Kier molecular flexibility index (Phi) is 3.34. The van der Waals surface area contributed by atoms with E-state index in [0.717, 1.165) is 5.56 Å². The van der Waals surface area contributed by atoms with Crippen LogP contribution in [0.15, 0.2) is 23.0 Å². The van der Waals surface area contributed by atoms with Gasteiger partial charge in [0.05, 0.1) is 11.3 Å². The van der Waals surface area contributed by atoms with Crippen LogP contribution in [-0.2, 0) is 6.54 Å². The van der Waals surface area contributed by atoms with Crippen molar-refractivity contribution in [3.05, 3.63) is 39.8 Å². The van der Waals surface area contributed by atoms with Crippen LogP contribution in [0.5, 0.6) is 0 Å². The highest BCUT2D eigenvalue weighted by molar-refractivity contribution is 7.07. The number of amides is 1. The quantitative estimate of drug-likeness (QED) is 0.859. The summed E-state index contributed by atoms with van der Waals surface area (Å²) < 4.78 is 0. The van der Waals surface area contributed by atoms with Gasteiger partial charge in [0.2, 0.25) is 5.95 Å². The standard InChI is InChI=1S/C11H12N4OS/c1-7-9(5-14-11(12)15-7)10(16)13-4-8-2-3-17-6-8/h2-3,5-6H,4H2,1H3,(H,13,16)(H2,12,14,15). The number of carbonyl (C=O) groups is 1. The first kappa shape index (κ1) is 11.5. The second-order valence-corrected chi connectivity index (χ2v) is 4.32. The molecule has 0 unspecified atom stereocenters. The third-order valence-electron chi connectivity index (χ3n) is 2.28. The van der Waals surface area contributed by atoms with Crippen molar-refractivity contribution in [3.8, 4) is 0 Å². The molecule has 0 aliphatic carbocycles. The average Bonchev–Trinajstić information content (AvgIpc) is 2.78. The summed E-state index contributed by atoms with van der Waals surface area (Å²) in [5.74, 6) is -0.00872. The first-order valence-corrected chi connectivity index (χ1v) is 5.99. The van der Waals surface area contributed by atoms with E-state index in [4.69, 9.17) is 5.73 Å². The SMILES string of the molecule is Cc1nc(N)ncc1C(=O)NCc1ccsc1. The number of nitrogens with one attached hydrogen (secondary N) is 1. The number of aryl methyl sites for hydroxylation is 1. The molecule has 88 valence electrons. The van der Waals surface area contributed by atoms with Crippen LogP contribution in [0.3, 0.4) is 0 Å². The van der Waals surface area contributed by atoms with E-state index in [1.54, 1.807) is 18.3 Å². The Bertz CT molecular complexity index is 524. The molecule has 2 aromatic heterocycles. The number of nitrogens with zero attached hydrogens (tertiary/aromatic N) is 2. The maximum absolute atomic E-state index is 11.8. The number of anilines is 1. The molecular formula is C11H12N4OS. The van der Waals surface area contributed by atoms with Crippen LogP contribution in [0.25, 0.3) is 0 Å². The van der Waals surface area contributed by atoms with E-state index in [0.29, 0.717) is 17.8 Å². The van der Waals surface area contributed by atoms with Gasteiger partial charge in [-0.05, 0) is 29.3 Å². The number of rotatable bonds is 3. The molecule has 0 atom stereocenters. The molecule has 17 heavy (non-hydrogen) atoms. The Morgan fingerprint density at radius 3 is 3.06 bits per heavy atom. The number of hydrogen-bond acceptors (Lipinski definition) is 5. The zero-order valence-electron chi connectivity index (χ0n) is 9.30. The van der Waals surface area contributed by atoms with E-state index >= 15 is 0 Å². The van der Waals surface area contributed by atoms with Crippen LogP contribution >= 0.6 is 11.3 Å². The van der Waals surface area contributed by atoms with Crippen LogP contribution in [0.2, 0.25) is 0 Å². The van der Waals surface area contributed by atoms with Gasteiger partial charge in [-0.3, -0.25) is 4.79 Å². The number of hydrogen-bond donors (Lipinski definition) is 2. The molecule has 2 aromatic rings. The molecule has 2 rings (SSSR count). The second-order valence-electron chi connectivity index (χ2n) is 3.54. The maximum atomic E-state index is 11.8. The number of thiophene rings is 1. The monoisotopic (exact) mass is 248 g/mol. The van der Waals surface area contributed by atoms with Crippen molar-refractivity contribution >= 4 is 23.2 Å². The molecule has 0 saturated heterocycles. The van der Waals surface area contributed by atoms with Gasteiger partial charge in [0.25, 0.3) is 5.91 Å². The smallest absolute Gasteiger partial charge is 0.254 e. The molecule has 0 aliphatic heterocycles. The Balaban J connectivity index is 2.04. The third-order valence-corrected chi connectivity index (χ3v) is 3.01. The maximum Gasteiger partial charge on any atom is 0.254 e. The fraction of sp³-hybridized carbons (Fsp3) is 0.182. The summed E-state index contributed by atoms with van der Waals surface area (Å²) in [6.45, 7) is 2.24. The molecule has 6 heteroatoms. The highest BCUT2D eigenvalue weighted by atomic mass is 32.1. The number of aromatic nitrogens is 2. The van der Waals surface area contributed by atoms with Crippen LogP contribution in [-0.4, -0.2) is 15.9 Å². The summed E-state index contributed by atoms with van der Waals surface area (Å²) in [6.07, 6.45) is 1.45. The van der Waals surface area contributed by atoms with Gasteiger partial charge in [-0.15, -0.1) is 0 Å². The van der Waals surface area contributed by atoms with Gasteiger partial charge >= 0.3 is 0 Å². The predicted molar refractivity (Wildman–Crippen MR) is 66.7 cm³/mol. The minimum atomic E-state index is -0.186. The van der Waals surface area contributed by atoms with Gasteiger partial charge in [0.15, 0.2) is 0 Å². The largest absolute Gasteiger partial charge is 0.368 e. The molecule has 2 heterocycles. The molecule has 0 aliphatic rings. The highest BCUT2D eigenvalue weighted by Crippen LogP contribution is 2.07. The lowest BCUT2D eigenvalue weighted by atomic mass is 10.2. The first-order chi connectivity index (χ1) is 8.16. The molecule has 0 spiro atoms. The van der Waals surface area contributed by atoms with Crippen molar-refractivity contribution in [1.29, 1.82) is 0 Å². The van der Waals surface area contributed by atoms with Gasteiger partial charge in [-0.2, -0.15) is 11.3 Å². The summed E-state index contributed by atoms with van der Waals surface area (Å²) in [4.78, 5) is 19.6. The Labute approximate surface area is 103 Å². The van der Waals surface area contributed by atoms with Crippen LogP contribution < -0.4 is 11.1 Å². The normalized spacial score (nSPS) is 10.2. The molecule has 1 amide bonds. The predicted octanol–water partition coefficient (Wildman–Crippen LogP) is 1.36. The Morgan fingerprint density at radius 2 is 2.41 bits per heavy atom. The van der Waals surface area contributed by atoms with E-state index in [1.165, 1.54) is 6.20 Å². The van der Waals surface area contributed by atoms with Crippen LogP contribution in [0.4, 0.5) is 5.95 Å². The van der Waals surface area contributed by atoms with Crippen molar-refractivity contribution in [2.24, 2.45) is 0 Å². The summed E-state index contributed by atoms with van der Waals surface area (Å²) >= 11 is 1.60. The lowest BCUT2D eigenvalue weighted by molar-refractivity contribution is 0.0949. The van der Waals surface area contributed by atoms with Crippen molar-refractivity contribution in [3.63, 3.8) is 0 Å². The molecule has 0 fully saturated rings. The van der Waals surface area contributed by atoms with E-state index in [-0.39, 0.29) is 11.9 Å². The highest BCUT2D eigenvalue weighted by Gasteiger charge is 2.10. The fourth-order valence-electron chi connectivity index (χ4n) is 1.38. The summed E-state index contributed by atoms with van der Waals surface area (Å²) in [5, 5.41) is 6.77. The van der Waals surface area contributed by atoms with E-state index < -0.39 is 0 Å². The molecule has 5 nitrogen and oxygen atoms in total. The molecular weight excluding hydrogens is 236 g/mol. The topological polar surface area (TPSA) is 80.9 Å². The van der Waals surface area contributed by atoms with Crippen molar-refractivity contribution in [2.75, 3.05) is 5.73 Å². The van der Waals surface area contributed by atoms with Crippen LogP contribution in [0.1, 0.15) is 21.6 Å². The fourth-order valence-corrected chi connectivity index (χ4v) is 2.05. The molecule has 0 radical (unpaired) electrons. The third kappa shape index (κ3) is 2.79. The van der Waals surface area contributed by atoms with E-state index in [2.05, 4.69) is 15.3 Å². The van der Waals surface area contributed by atoms with Gasteiger partial charge in [-0.1, -0.05) is 0 Å². The minimum Gasteiger partial charge on any atom is -0.368 e. The van der Waals surface area contributed by atoms with Gasteiger partial charge in [0, 0.05) is 12.7 Å². The molecule has 0 aromatic carbocycles. The Morgan fingerprint density at radius 1 is 1.59 bits per heavy atom. The van der Waals surface area contributed by atoms with Gasteiger partial charge < -0.3 is 11.1 Å². The number of carbonyl (C=O) groups excluding carboxylic acids is 1. The molecule has 0 saturated carbocycles. The summed E-state index contributed by atoms with van der Waals surface area (Å²) in [6, 6.07) is 1.97. The van der Waals surface area contributed by atoms with Gasteiger partial charge in [-0.25, -0.2) is 9.97 Å². The van der Waals surface area contributed by atoms with Crippen molar-refractivity contribution < 1.29 is 4.79 Å².